The zero-order chi connectivity index (χ0) is 15.6. The molecule has 0 unspecified atom stereocenters. The topological polar surface area (TPSA) is 85.5 Å². The Bertz CT molecular complexity index is 672. The van der Waals surface area contributed by atoms with E-state index in [1.54, 1.807) is 6.07 Å². The average molecular weight is 373 g/mol. The molecule has 0 aliphatic carbocycles. The van der Waals surface area contributed by atoms with E-state index in [1.807, 2.05) is 12.3 Å². The number of nitro benzene ring substituents is 1. The van der Waals surface area contributed by atoms with Gasteiger partial charge in [-0.05, 0) is 19.9 Å². The van der Waals surface area contributed by atoms with Gasteiger partial charge in [0.2, 0.25) is 5.75 Å². The molecule has 1 aromatic carbocycles. The SMILES string of the molecule is Cc1csc(COc2c([C@H](C)O)cc(Br)cc2[N+](=O)[O-])n1. The number of benzene rings is 1. The smallest absolute Gasteiger partial charge is 0.312 e. The molecule has 0 spiro atoms. The molecule has 0 bridgehead atoms. The maximum absolute atomic E-state index is 11.2. The van der Waals surface area contributed by atoms with Crippen molar-refractivity contribution in [1.82, 2.24) is 4.98 Å². The Labute approximate surface area is 133 Å². The summed E-state index contributed by atoms with van der Waals surface area (Å²) in [5.41, 5.74) is 1.05. The first kappa shape index (κ1) is 15.9. The van der Waals surface area contributed by atoms with Gasteiger partial charge in [-0.1, -0.05) is 15.9 Å². The average Bonchev–Trinajstić information content (AvgIpc) is 2.81. The molecule has 0 fully saturated rings. The minimum absolute atomic E-state index is 0.0750. The molecule has 8 heteroatoms. The second-order valence-corrected chi connectivity index (χ2v) is 6.31. The van der Waals surface area contributed by atoms with Crippen LogP contribution in [0.2, 0.25) is 0 Å². The first-order valence-electron chi connectivity index (χ1n) is 6.08. The van der Waals surface area contributed by atoms with Crippen LogP contribution in [-0.2, 0) is 6.61 Å². The molecule has 1 aromatic heterocycles. The molecular formula is C13H13BrN2O4S. The number of aliphatic hydroxyl groups is 1. The number of thiazole rings is 1. The van der Waals surface area contributed by atoms with Crippen molar-refractivity contribution >= 4 is 33.0 Å². The maximum atomic E-state index is 11.2. The van der Waals surface area contributed by atoms with E-state index in [1.165, 1.54) is 24.3 Å². The summed E-state index contributed by atoms with van der Waals surface area (Å²) < 4.78 is 6.09. The Morgan fingerprint density at radius 2 is 2.29 bits per heavy atom. The third kappa shape index (κ3) is 3.78. The lowest BCUT2D eigenvalue weighted by molar-refractivity contribution is -0.386. The first-order chi connectivity index (χ1) is 9.88. The van der Waals surface area contributed by atoms with Crippen LogP contribution in [0.1, 0.15) is 29.3 Å². The second kappa shape index (κ2) is 6.50. The van der Waals surface area contributed by atoms with Gasteiger partial charge in [0.15, 0.2) is 0 Å². The summed E-state index contributed by atoms with van der Waals surface area (Å²) in [6.45, 7) is 3.52. The number of nitrogens with zero attached hydrogens (tertiary/aromatic N) is 2. The van der Waals surface area contributed by atoms with Crippen LogP contribution in [0.3, 0.4) is 0 Å². The summed E-state index contributed by atoms with van der Waals surface area (Å²) in [6.07, 6.45) is -0.880. The van der Waals surface area contributed by atoms with Crippen LogP contribution < -0.4 is 4.74 Å². The van der Waals surface area contributed by atoms with Crippen molar-refractivity contribution in [3.63, 3.8) is 0 Å². The molecule has 0 aliphatic heterocycles. The van der Waals surface area contributed by atoms with E-state index in [-0.39, 0.29) is 18.0 Å². The van der Waals surface area contributed by atoms with Gasteiger partial charge in [-0.25, -0.2) is 4.98 Å². The van der Waals surface area contributed by atoms with Crippen molar-refractivity contribution in [2.24, 2.45) is 0 Å². The number of halogens is 1. The van der Waals surface area contributed by atoms with Gasteiger partial charge in [0.1, 0.15) is 11.6 Å². The summed E-state index contributed by atoms with van der Waals surface area (Å²) in [5, 5.41) is 23.6. The zero-order valence-electron chi connectivity index (χ0n) is 11.4. The molecular weight excluding hydrogens is 360 g/mol. The molecule has 1 N–H and O–H groups in total. The summed E-state index contributed by atoms with van der Waals surface area (Å²) in [5.74, 6) is 0.0750. The van der Waals surface area contributed by atoms with Crippen LogP contribution in [0.5, 0.6) is 5.75 Å². The summed E-state index contributed by atoms with van der Waals surface area (Å²) in [6, 6.07) is 2.97. The Kier molecular flexibility index (Phi) is 4.92. The van der Waals surface area contributed by atoms with Crippen molar-refractivity contribution < 1.29 is 14.8 Å². The van der Waals surface area contributed by atoms with Crippen molar-refractivity contribution in [3.05, 3.63) is 48.4 Å². The predicted octanol–water partition coefficient (Wildman–Crippen LogP) is 3.75. The molecule has 0 saturated heterocycles. The Hall–Kier alpha value is -1.51. The van der Waals surface area contributed by atoms with E-state index in [0.717, 1.165) is 10.7 Å². The minimum atomic E-state index is -0.880. The van der Waals surface area contributed by atoms with Gasteiger partial charge in [0.05, 0.1) is 11.0 Å². The quantitative estimate of drug-likeness (QED) is 0.637. The van der Waals surface area contributed by atoms with Gasteiger partial charge < -0.3 is 9.84 Å². The predicted molar refractivity (Wildman–Crippen MR) is 82.6 cm³/mol. The number of nitro groups is 1. The lowest BCUT2D eigenvalue weighted by atomic mass is 10.1. The van der Waals surface area contributed by atoms with Gasteiger partial charge in [-0.3, -0.25) is 10.1 Å². The largest absolute Gasteiger partial charge is 0.479 e. The molecule has 112 valence electrons. The second-order valence-electron chi connectivity index (χ2n) is 4.45. The van der Waals surface area contributed by atoms with Crippen molar-refractivity contribution in [3.8, 4) is 5.75 Å². The van der Waals surface area contributed by atoms with Crippen LogP contribution in [0.25, 0.3) is 0 Å². The van der Waals surface area contributed by atoms with Gasteiger partial charge in [0, 0.05) is 27.2 Å². The first-order valence-corrected chi connectivity index (χ1v) is 7.75. The Morgan fingerprint density at radius 1 is 1.57 bits per heavy atom. The van der Waals surface area contributed by atoms with Gasteiger partial charge in [-0.15, -0.1) is 11.3 Å². The van der Waals surface area contributed by atoms with E-state index in [2.05, 4.69) is 20.9 Å². The van der Waals surface area contributed by atoms with Gasteiger partial charge in [-0.2, -0.15) is 0 Å². The highest BCUT2D eigenvalue weighted by atomic mass is 79.9. The number of hydrogen-bond donors (Lipinski definition) is 1. The molecule has 2 rings (SSSR count). The monoisotopic (exact) mass is 372 g/mol. The molecule has 0 amide bonds. The Morgan fingerprint density at radius 3 is 2.81 bits per heavy atom. The lowest BCUT2D eigenvalue weighted by Gasteiger charge is -2.13. The van der Waals surface area contributed by atoms with Crippen LogP contribution in [0.4, 0.5) is 5.69 Å². The van der Waals surface area contributed by atoms with Crippen molar-refractivity contribution in [2.45, 2.75) is 26.6 Å². The van der Waals surface area contributed by atoms with E-state index in [9.17, 15) is 15.2 Å². The van der Waals surface area contributed by atoms with Crippen LogP contribution in [0.15, 0.2) is 22.0 Å². The summed E-state index contributed by atoms with van der Waals surface area (Å²) in [4.78, 5) is 14.9. The fourth-order valence-electron chi connectivity index (χ4n) is 1.81. The number of aromatic nitrogens is 1. The van der Waals surface area contributed by atoms with E-state index >= 15 is 0 Å². The molecule has 1 heterocycles. The number of ether oxygens (including phenoxy) is 1. The number of aliphatic hydroxyl groups excluding tert-OH is 1. The fourth-order valence-corrected chi connectivity index (χ4v) is 2.95. The van der Waals surface area contributed by atoms with Crippen molar-refractivity contribution in [1.29, 1.82) is 0 Å². The van der Waals surface area contributed by atoms with Gasteiger partial charge >= 0.3 is 5.69 Å². The third-order valence-electron chi connectivity index (χ3n) is 2.72. The summed E-state index contributed by atoms with van der Waals surface area (Å²) >= 11 is 4.62. The lowest BCUT2D eigenvalue weighted by Crippen LogP contribution is -2.04. The molecule has 0 saturated carbocycles. The molecule has 0 radical (unpaired) electrons. The van der Waals surface area contributed by atoms with Crippen LogP contribution in [0, 0.1) is 17.0 Å². The van der Waals surface area contributed by atoms with E-state index in [4.69, 9.17) is 4.74 Å². The maximum Gasteiger partial charge on any atom is 0.312 e. The molecule has 21 heavy (non-hydrogen) atoms. The zero-order valence-corrected chi connectivity index (χ0v) is 13.8. The van der Waals surface area contributed by atoms with Gasteiger partial charge in [0.25, 0.3) is 0 Å². The summed E-state index contributed by atoms with van der Waals surface area (Å²) in [7, 11) is 0. The Balaban J connectivity index is 2.37. The molecule has 0 aliphatic rings. The standard InChI is InChI=1S/C13H13BrN2O4S/c1-7-6-21-12(15-7)5-20-13-10(8(2)17)3-9(14)4-11(13)16(18)19/h3-4,6,8,17H,5H2,1-2H3/t8-/m0/s1. The van der Waals surface area contributed by atoms with Crippen LogP contribution >= 0.6 is 27.3 Å². The third-order valence-corrected chi connectivity index (χ3v) is 4.11. The van der Waals surface area contributed by atoms with E-state index in [0.29, 0.717) is 10.0 Å². The van der Waals surface area contributed by atoms with Crippen LogP contribution in [-0.4, -0.2) is 15.0 Å². The molecule has 6 nitrogen and oxygen atoms in total. The normalized spacial score (nSPS) is 12.2. The van der Waals surface area contributed by atoms with E-state index < -0.39 is 11.0 Å². The molecule has 1 atom stereocenters. The fraction of sp³-hybridized carbons (Fsp3) is 0.308. The number of hydrogen-bond acceptors (Lipinski definition) is 6. The number of aryl methyl sites for hydroxylation is 1. The highest BCUT2D eigenvalue weighted by Crippen LogP contribution is 2.38. The highest BCUT2D eigenvalue weighted by Gasteiger charge is 2.23. The highest BCUT2D eigenvalue weighted by molar-refractivity contribution is 9.10. The minimum Gasteiger partial charge on any atom is -0.479 e. The molecule has 2 aromatic rings. The van der Waals surface area contributed by atoms with Crippen molar-refractivity contribution in [2.75, 3.05) is 0 Å². The number of rotatable bonds is 5.